The second kappa shape index (κ2) is 8.59. The molecule has 0 aliphatic carbocycles. The van der Waals surface area contributed by atoms with Crippen LogP contribution in [-0.4, -0.2) is 29.3 Å². The van der Waals surface area contributed by atoms with Crippen LogP contribution in [-0.2, 0) is 9.47 Å². The Balaban J connectivity index is 2.99. The largest absolute Gasteiger partial charge is 0.350 e. The Kier molecular flexibility index (Phi) is 7.46. The van der Waals surface area contributed by atoms with Crippen LogP contribution in [0.15, 0.2) is 30.3 Å². The fraction of sp³-hybridized carbons (Fsp3) is 0.600. The molecule has 0 aromatic heterocycles. The maximum Gasteiger partial charge on any atom is 0.172 e. The van der Waals surface area contributed by atoms with E-state index in [9.17, 15) is 0 Å². The fourth-order valence-electron chi connectivity index (χ4n) is 2.40. The summed E-state index contributed by atoms with van der Waals surface area (Å²) >= 11 is 0.866. The van der Waals surface area contributed by atoms with Crippen LogP contribution in [0, 0.1) is 0 Å². The molecular formula is C15H24O3S. The van der Waals surface area contributed by atoms with E-state index in [2.05, 4.69) is 12.1 Å². The number of hydrogen-bond donors (Lipinski definition) is 1. The molecule has 1 rings (SSSR count). The van der Waals surface area contributed by atoms with E-state index < -0.39 is 5.79 Å². The van der Waals surface area contributed by atoms with Crippen molar-refractivity contribution in [1.29, 1.82) is 0 Å². The quantitative estimate of drug-likeness (QED) is 0.546. The van der Waals surface area contributed by atoms with Crippen molar-refractivity contribution >= 4 is 12.0 Å². The van der Waals surface area contributed by atoms with Gasteiger partial charge in [-0.1, -0.05) is 30.3 Å². The Morgan fingerprint density at radius 1 is 1.16 bits per heavy atom. The molecule has 1 aromatic rings. The first-order valence-corrected chi connectivity index (χ1v) is 7.71. The summed E-state index contributed by atoms with van der Waals surface area (Å²) in [5, 5.41) is 0. The number of ether oxygens (including phenoxy) is 2. The van der Waals surface area contributed by atoms with Crippen LogP contribution in [0.1, 0.15) is 38.7 Å². The Labute approximate surface area is 120 Å². The molecule has 1 atom stereocenters. The molecule has 108 valence electrons. The van der Waals surface area contributed by atoms with Crippen LogP contribution in [0.2, 0.25) is 0 Å². The average molecular weight is 284 g/mol. The lowest BCUT2D eigenvalue weighted by molar-refractivity contribution is -0.235. The molecule has 0 radical (unpaired) electrons. The van der Waals surface area contributed by atoms with Crippen molar-refractivity contribution in [1.82, 2.24) is 0 Å². The Hall–Kier alpha value is -0.550. The molecule has 0 aliphatic heterocycles. The molecule has 0 fully saturated rings. The number of benzene rings is 1. The molecule has 1 aromatic carbocycles. The van der Waals surface area contributed by atoms with Crippen molar-refractivity contribution in [3.63, 3.8) is 0 Å². The summed E-state index contributed by atoms with van der Waals surface area (Å²) in [7, 11) is 0. The van der Waals surface area contributed by atoms with E-state index in [4.69, 9.17) is 14.0 Å². The molecular weight excluding hydrogens is 260 g/mol. The van der Waals surface area contributed by atoms with Gasteiger partial charge in [0.05, 0.1) is 0 Å². The van der Waals surface area contributed by atoms with E-state index in [1.54, 1.807) is 0 Å². The highest BCUT2D eigenvalue weighted by Crippen LogP contribution is 2.36. The van der Waals surface area contributed by atoms with Gasteiger partial charge in [0.25, 0.3) is 0 Å². The Morgan fingerprint density at radius 2 is 1.74 bits per heavy atom. The average Bonchev–Trinajstić information content (AvgIpc) is 2.41. The van der Waals surface area contributed by atoms with Gasteiger partial charge in [0.2, 0.25) is 0 Å². The van der Waals surface area contributed by atoms with Gasteiger partial charge < -0.3 is 14.0 Å². The van der Waals surface area contributed by atoms with Crippen LogP contribution >= 0.6 is 12.0 Å². The van der Waals surface area contributed by atoms with E-state index in [-0.39, 0.29) is 5.92 Å². The van der Waals surface area contributed by atoms with Gasteiger partial charge in [0.15, 0.2) is 5.79 Å². The van der Waals surface area contributed by atoms with Gasteiger partial charge in [-0.3, -0.25) is 0 Å². The topological polar surface area (TPSA) is 38.7 Å². The van der Waals surface area contributed by atoms with Crippen LogP contribution in [0.3, 0.4) is 0 Å². The summed E-state index contributed by atoms with van der Waals surface area (Å²) in [6.45, 7) is 7.14. The molecule has 0 saturated carbocycles. The summed E-state index contributed by atoms with van der Waals surface area (Å²) in [6.07, 6.45) is 0.807. The van der Waals surface area contributed by atoms with Crippen LogP contribution in [0.5, 0.6) is 0 Å². The standard InChI is InChI=1S/C15H24O3S/c1-4-17-15(3,18-5-2)14(11-12-19-16)13-9-7-6-8-10-13/h6-10,14,16H,4-5,11-12H2,1-3H3. The zero-order valence-corrected chi connectivity index (χ0v) is 12.8. The normalized spacial score (nSPS) is 13.5. The lowest BCUT2D eigenvalue weighted by Crippen LogP contribution is -2.39. The van der Waals surface area contributed by atoms with E-state index in [0.29, 0.717) is 19.0 Å². The van der Waals surface area contributed by atoms with Gasteiger partial charge in [0.1, 0.15) is 0 Å². The first kappa shape index (κ1) is 16.5. The maximum atomic E-state index is 9.02. The van der Waals surface area contributed by atoms with Gasteiger partial charge >= 0.3 is 0 Å². The Bertz CT molecular complexity index is 337. The molecule has 4 heteroatoms. The molecule has 0 aliphatic rings. The monoisotopic (exact) mass is 284 g/mol. The molecule has 0 amide bonds. The minimum atomic E-state index is -0.652. The lowest BCUT2D eigenvalue weighted by atomic mass is 9.88. The predicted octanol–water partition coefficient (Wildman–Crippen LogP) is 4.16. The van der Waals surface area contributed by atoms with Gasteiger partial charge in [0, 0.05) is 24.9 Å². The summed E-state index contributed by atoms with van der Waals surface area (Å²) in [5.74, 6) is 0.115. The minimum Gasteiger partial charge on any atom is -0.350 e. The van der Waals surface area contributed by atoms with Crippen LogP contribution in [0.25, 0.3) is 0 Å². The zero-order valence-electron chi connectivity index (χ0n) is 12.0. The van der Waals surface area contributed by atoms with Crippen molar-refractivity contribution in [2.75, 3.05) is 19.0 Å². The van der Waals surface area contributed by atoms with E-state index in [1.807, 2.05) is 39.0 Å². The number of hydrogen-bond acceptors (Lipinski definition) is 4. The summed E-state index contributed by atoms with van der Waals surface area (Å²) in [6, 6.07) is 10.2. The van der Waals surface area contributed by atoms with Crippen LogP contribution < -0.4 is 0 Å². The molecule has 0 spiro atoms. The Morgan fingerprint density at radius 3 is 2.21 bits per heavy atom. The number of rotatable bonds is 9. The predicted molar refractivity (Wildman–Crippen MR) is 80.5 cm³/mol. The molecule has 1 unspecified atom stereocenters. The third kappa shape index (κ3) is 4.80. The van der Waals surface area contributed by atoms with Gasteiger partial charge in [-0.25, -0.2) is 0 Å². The van der Waals surface area contributed by atoms with Crippen molar-refractivity contribution in [2.45, 2.75) is 38.9 Å². The lowest BCUT2D eigenvalue weighted by Gasteiger charge is -2.37. The first-order valence-electron chi connectivity index (χ1n) is 6.77. The highest BCUT2D eigenvalue weighted by Gasteiger charge is 2.36. The molecule has 19 heavy (non-hydrogen) atoms. The van der Waals surface area contributed by atoms with Crippen molar-refractivity contribution in [3.8, 4) is 0 Å². The first-order chi connectivity index (χ1) is 9.18. The maximum absolute atomic E-state index is 9.02. The SMILES string of the molecule is CCOC(C)(OCC)C(CCSO)c1ccccc1. The van der Waals surface area contributed by atoms with Crippen molar-refractivity contribution in [2.24, 2.45) is 0 Å². The van der Waals surface area contributed by atoms with Gasteiger partial charge in [-0.2, -0.15) is 0 Å². The molecule has 3 nitrogen and oxygen atoms in total. The van der Waals surface area contributed by atoms with Crippen molar-refractivity contribution in [3.05, 3.63) is 35.9 Å². The van der Waals surface area contributed by atoms with Crippen LogP contribution in [0.4, 0.5) is 0 Å². The molecule has 0 bridgehead atoms. The minimum absolute atomic E-state index is 0.105. The zero-order chi connectivity index (χ0) is 14.1. The van der Waals surface area contributed by atoms with E-state index in [0.717, 1.165) is 18.5 Å². The third-order valence-corrected chi connectivity index (χ3v) is 3.61. The molecule has 0 heterocycles. The highest BCUT2D eigenvalue weighted by atomic mass is 32.2. The van der Waals surface area contributed by atoms with E-state index >= 15 is 0 Å². The van der Waals surface area contributed by atoms with Gasteiger partial charge in [-0.15, -0.1) is 0 Å². The second-order valence-electron chi connectivity index (χ2n) is 4.47. The highest BCUT2D eigenvalue weighted by molar-refractivity contribution is 7.93. The van der Waals surface area contributed by atoms with Gasteiger partial charge in [-0.05, 0) is 44.8 Å². The summed E-state index contributed by atoms with van der Waals surface area (Å²) in [5.41, 5.74) is 1.18. The second-order valence-corrected chi connectivity index (χ2v) is 5.13. The fourth-order valence-corrected chi connectivity index (χ4v) is 2.74. The smallest absolute Gasteiger partial charge is 0.172 e. The third-order valence-electron chi connectivity index (χ3n) is 3.19. The molecule has 1 N–H and O–H groups in total. The summed E-state index contributed by atoms with van der Waals surface area (Å²) < 4.78 is 20.8. The van der Waals surface area contributed by atoms with E-state index in [1.165, 1.54) is 5.56 Å². The molecule has 0 saturated heterocycles. The summed E-state index contributed by atoms with van der Waals surface area (Å²) in [4.78, 5) is 0. The van der Waals surface area contributed by atoms with Crippen molar-refractivity contribution < 1.29 is 14.0 Å².